The van der Waals surface area contributed by atoms with Crippen molar-refractivity contribution in [3.63, 3.8) is 0 Å². The standard InChI is InChI=1S/C15H16ClNO4/c1-8(2)11-6-14(9(3)4-12(11)16)20-7-10-5-13(15(18)19)17-21-10/h4-6,8H,7H2,1-3H3,(H,18,19). The van der Waals surface area contributed by atoms with E-state index in [1.54, 1.807) is 0 Å². The smallest absolute Gasteiger partial charge is 0.358 e. The van der Waals surface area contributed by atoms with Gasteiger partial charge in [0.1, 0.15) is 12.4 Å². The molecule has 0 radical (unpaired) electrons. The number of halogens is 1. The van der Waals surface area contributed by atoms with Crippen molar-refractivity contribution in [3.8, 4) is 5.75 Å². The Morgan fingerprint density at radius 2 is 2.14 bits per heavy atom. The number of carboxylic acids is 1. The Hall–Kier alpha value is -2.01. The van der Waals surface area contributed by atoms with Crippen LogP contribution in [0.25, 0.3) is 0 Å². The minimum Gasteiger partial charge on any atom is -0.485 e. The van der Waals surface area contributed by atoms with Crippen LogP contribution in [0.4, 0.5) is 0 Å². The first-order chi connectivity index (χ1) is 9.88. The van der Waals surface area contributed by atoms with Gasteiger partial charge in [-0.15, -0.1) is 0 Å². The Morgan fingerprint density at radius 3 is 2.71 bits per heavy atom. The summed E-state index contributed by atoms with van der Waals surface area (Å²) >= 11 is 6.20. The van der Waals surface area contributed by atoms with Crippen molar-refractivity contribution in [2.75, 3.05) is 0 Å². The molecule has 2 aromatic rings. The summed E-state index contributed by atoms with van der Waals surface area (Å²) in [6.45, 7) is 6.11. The van der Waals surface area contributed by atoms with E-state index in [-0.39, 0.29) is 18.2 Å². The van der Waals surface area contributed by atoms with E-state index in [2.05, 4.69) is 19.0 Å². The van der Waals surface area contributed by atoms with Crippen LogP contribution in [-0.4, -0.2) is 16.2 Å². The van der Waals surface area contributed by atoms with Crippen LogP contribution in [0.15, 0.2) is 22.7 Å². The Kier molecular flexibility index (Phi) is 4.53. The van der Waals surface area contributed by atoms with Gasteiger partial charge < -0.3 is 14.4 Å². The molecular weight excluding hydrogens is 294 g/mol. The van der Waals surface area contributed by atoms with Gasteiger partial charge in [-0.1, -0.05) is 30.6 Å². The van der Waals surface area contributed by atoms with Crippen LogP contribution >= 0.6 is 11.6 Å². The summed E-state index contributed by atoms with van der Waals surface area (Å²) in [4.78, 5) is 10.7. The highest BCUT2D eigenvalue weighted by atomic mass is 35.5. The molecule has 0 fully saturated rings. The van der Waals surface area contributed by atoms with Crippen molar-refractivity contribution in [2.24, 2.45) is 0 Å². The fourth-order valence-corrected chi connectivity index (χ4v) is 2.33. The van der Waals surface area contributed by atoms with Crippen molar-refractivity contribution in [2.45, 2.75) is 33.3 Å². The highest BCUT2D eigenvalue weighted by Gasteiger charge is 2.13. The number of carbonyl (C=O) groups is 1. The van der Waals surface area contributed by atoms with Crippen LogP contribution in [0.2, 0.25) is 5.02 Å². The van der Waals surface area contributed by atoms with E-state index in [0.717, 1.165) is 11.1 Å². The fraction of sp³-hybridized carbons (Fsp3) is 0.333. The third-order valence-electron chi connectivity index (χ3n) is 3.06. The number of carboxylic acid groups (broad SMARTS) is 1. The van der Waals surface area contributed by atoms with E-state index in [0.29, 0.717) is 16.5 Å². The summed E-state index contributed by atoms with van der Waals surface area (Å²) in [6, 6.07) is 5.10. The van der Waals surface area contributed by atoms with Gasteiger partial charge in [-0.3, -0.25) is 0 Å². The lowest BCUT2D eigenvalue weighted by Crippen LogP contribution is -1.99. The van der Waals surface area contributed by atoms with Gasteiger partial charge in [0, 0.05) is 11.1 Å². The molecule has 0 atom stereocenters. The van der Waals surface area contributed by atoms with Crippen LogP contribution in [0, 0.1) is 6.92 Å². The molecule has 0 amide bonds. The normalized spacial score (nSPS) is 10.9. The van der Waals surface area contributed by atoms with E-state index < -0.39 is 5.97 Å². The van der Waals surface area contributed by atoms with Crippen LogP contribution in [0.1, 0.15) is 47.1 Å². The first-order valence-electron chi connectivity index (χ1n) is 6.50. The highest BCUT2D eigenvalue weighted by molar-refractivity contribution is 6.31. The predicted octanol–water partition coefficient (Wildman–Crippen LogP) is 4.04. The number of aromatic carboxylic acids is 1. The lowest BCUT2D eigenvalue weighted by atomic mass is 10.0. The molecule has 0 unspecified atom stereocenters. The Labute approximate surface area is 127 Å². The molecule has 1 heterocycles. The zero-order valence-electron chi connectivity index (χ0n) is 12.0. The molecule has 0 spiro atoms. The molecule has 0 saturated carbocycles. The summed E-state index contributed by atoms with van der Waals surface area (Å²) in [5.41, 5.74) is 1.77. The third-order valence-corrected chi connectivity index (χ3v) is 3.39. The van der Waals surface area contributed by atoms with Gasteiger partial charge in [0.15, 0.2) is 11.5 Å². The Balaban J connectivity index is 2.15. The summed E-state index contributed by atoms with van der Waals surface area (Å²) in [6.07, 6.45) is 0. The number of hydrogen-bond donors (Lipinski definition) is 1. The van der Waals surface area contributed by atoms with Gasteiger partial charge >= 0.3 is 5.97 Å². The predicted molar refractivity (Wildman–Crippen MR) is 78.1 cm³/mol. The number of aryl methyl sites for hydroxylation is 1. The topological polar surface area (TPSA) is 72.6 Å². The van der Waals surface area contributed by atoms with Gasteiger partial charge in [-0.25, -0.2) is 4.79 Å². The lowest BCUT2D eigenvalue weighted by Gasteiger charge is -2.14. The number of ether oxygens (including phenoxy) is 1. The number of benzene rings is 1. The maximum atomic E-state index is 10.7. The molecule has 0 bridgehead atoms. The Morgan fingerprint density at radius 1 is 1.43 bits per heavy atom. The van der Waals surface area contributed by atoms with Gasteiger partial charge in [-0.05, 0) is 36.1 Å². The minimum absolute atomic E-state index is 0.111. The molecular formula is C15H16ClNO4. The van der Waals surface area contributed by atoms with Gasteiger partial charge in [0.05, 0.1) is 0 Å². The van der Waals surface area contributed by atoms with Crippen LogP contribution < -0.4 is 4.74 Å². The molecule has 0 aliphatic rings. The van der Waals surface area contributed by atoms with Gasteiger partial charge in [-0.2, -0.15) is 0 Å². The minimum atomic E-state index is -1.13. The average molecular weight is 310 g/mol. The molecule has 1 N–H and O–H groups in total. The number of rotatable bonds is 5. The second-order valence-electron chi connectivity index (χ2n) is 5.07. The van der Waals surface area contributed by atoms with Crippen LogP contribution in [-0.2, 0) is 6.61 Å². The Bertz CT molecular complexity index is 664. The molecule has 5 nitrogen and oxygen atoms in total. The second-order valence-corrected chi connectivity index (χ2v) is 5.47. The zero-order valence-corrected chi connectivity index (χ0v) is 12.8. The second kappa shape index (κ2) is 6.18. The van der Waals surface area contributed by atoms with Crippen molar-refractivity contribution >= 4 is 17.6 Å². The average Bonchev–Trinajstić information content (AvgIpc) is 2.86. The van der Waals surface area contributed by atoms with Gasteiger partial charge in [0.2, 0.25) is 0 Å². The van der Waals surface area contributed by atoms with E-state index in [1.165, 1.54) is 6.07 Å². The largest absolute Gasteiger partial charge is 0.485 e. The maximum absolute atomic E-state index is 10.7. The van der Waals surface area contributed by atoms with E-state index >= 15 is 0 Å². The van der Waals surface area contributed by atoms with Crippen molar-refractivity contribution in [1.82, 2.24) is 5.16 Å². The quantitative estimate of drug-likeness (QED) is 0.902. The SMILES string of the molecule is Cc1cc(Cl)c(C(C)C)cc1OCc1cc(C(=O)O)no1. The molecule has 21 heavy (non-hydrogen) atoms. The molecule has 0 aliphatic heterocycles. The van der Waals surface area contributed by atoms with Gasteiger partial charge in [0.25, 0.3) is 0 Å². The number of aromatic nitrogens is 1. The summed E-state index contributed by atoms with van der Waals surface area (Å²) in [5, 5.41) is 12.9. The molecule has 6 heteroatoms. The monoisotopic (exact) mass is 309 g/mol. The maximum Gasteiger partial charge on any atom is 0.358 e. The molecule has 0 aliphatic carbocycles. The summed E-state index contributed by atoms with van der Waals surface area (Å²) in [5.74, 6) is 0.198. The van der Waals surface area contributed by atoms with Crippen molar-refractivity contribution in [1.29, 1.82) is 0 Å². The first kappa shape index (κ1) is 15.4. The lowest BCUT2D eigenvalue weighted by molar-refractivity contribution is 0.0685. The van der Waals surface area contributed by atoms with E-state index in [4.69, 9.17) is 26.0 Å². The molecule has 1 aromatic heterocycles. The molecule has 0 saturated heterocycles. The third kappa shape index (κ3) is 3.55. The first-order valence-corrected chi connectivity index (χ1v) is 6.88. The van der Waals surface area contributed by atoms with Crippen molar-refractivity contribution < 1.29 is 19.2 Å². The summed E-state index contributed by atoms with van der Waals surface area (Å²) < 4.78 is 10.6. The zero-order chi connectivity index (χ0) is 15.6. The van der Waals surface area contributed by atoms with E-state index in [9.17, 15) is 4.79 Å². The number of nitrogens with zero attached hydrogens (tertiary/aromatic N) is 1. The van der Waals surface area contributed by atoms with Crippen molar-refractivity contribution in [3.05, 3.63) is 45.8 Å². The fourth-order valence-electron chi connectivity index (χ4n) is 1.90. The van der Waals surface area contributed by atoms with Crippen LogP contribution in [0.5, 0.6) is 5.75 Å². The van der Waals surface area contributed by atoms with Crippen LogP contribution in [0.3, 0.4) is 0 Å². The number of hydrogen-bond acceptors (Lipinski definition) is 4. The highest BCUT2D eigenvalue weighted by Crippen LogP contribution is 2.31. The molecule has 2 rings (SSSR count). The van der Waals surface area contributed by atoms with E-state index in [1.807, 2.05) is 19.1 Å². The molecule has 1 aromatic carbocycles. The summed E-state index contributed by atoms with van der Waals surface area (Å²) in [7, 11) is 0. The molecule has 112 valence electrons.